The van der Waals surface area contributed by atoms with Gasteiger partial charge in [-0.15, -0.1) is 0 Å². The summed E-state index contributed by atoms with van der Waals surface area (Å²) >= 11 is 0. The minimum absolute atomic E-state index is 0.107. The lowest BCUT2D eigenvalue weighted by molar-refractivity contribution is 0.135. The van der Waals surface area contributed by atoms with E-state index in [1.54, 1.807) is 0 Å². The van der Waals surface area contributed by atoms with Crippen LogP contribution in [-0.4, -0.2) is 41.8 Å². The van der Waals surface area contributed by atoms with Gasteiger partial charge in [0.15, 0.2) is 0 Å². The van der Waals surface area contributed by atoms with Gasteiger partial charge in [0.2, 0.25) is 0 Å². The minimum atomic E-state index is 0.107. The number of aliphatic hydroxyl groups is 1. The lowest BCUT2D eigenvalue weighted by atomic mass is 9.98. The SMILES string of the molecule is C[C@H]1CCC[C@@H](NC(=O)N2CCC(CO)CC2)CC1. The number of aliphatic hydroxyl groups excluding tert-OH is 1. The molecule has 2 fully saturated rings. The molecule has 1 saturated carbocycles. The van der Waals surface area contributed by atoms with Crippen LogP contribution in [-0.2, 0) is 0 Å². The fraction of sp³-hybridized carbons (Fsp3) is 0.933. The molecule has 0 unspecified atom stereocenters. The first kappa shape index (κ1) is 14.6. The van der Waals surface area contributed by atoms with E-state index in [2.05, 4.69) is 12.2 Å². The van der Waals surface area contributed by atoms with Crippen LogP contribution in [0.2, 0.25) is 0 Å². The Hall–Kier alpha value is -0.770. The van der Waals surface area contributed by atoms with Gasteiger partial charge in [-0.2, -0.15) is 0 Å². The maximum atomic E-state index is 12.2. The smallest absolute Gasteiger partial charge is 0.317 e. The maximum Gasteiger partial charge on any atom is 0.317 e. The molecule has 4 heteroatoms. The Labute approximate surface area is 116 Å². The zero-order valence-corrected chi connectivity index (χ0v) is 12.1. The van der Waals surface area contributed by atoms with E-state index in [0.29, 0.717) is 12.0 Å². The van der Waals surface area contributed by atoms with E-state index in [1.165, 1.54) is 19.3 Å². The average molecular weight is 268 g/mol. The van der Waals surface area contributed by atoms with E-state index in [1.807, 2.05) is 4.90 Å². The summed E-state index contributed by atoms with van der Waals surface area (Å²) < 4.78 is 0. The van der Waals surface area contributed by atoms with Crippen molar-refractivity contribution in [1.29, 1.82) is 0 Å². The van der Waals surface area contributed by atoms with Gasteiger partial charge in [-0.05, 0) is 43.9 Å². The Morgan fingerprint density at radius 2 is 1.89 bits per heavy atom. The first-order chi connectivity index (χ1) is 9.19. The molecule has 0 aromatic rings. The van der Waals surface area contributed by atoms with Crippen molar-refractivity contribution in [3.05, 3.63) is 0 Å². The topological polar surface area (TPSA) is 52.6 Å². The summed E-state index contributed by atoms with van der Waals surface area (Å²) in [6.07, 6.45) is 7.89. The van der Waals surface area contributed by atoms with Gasteiger partial charge < -0.3 is 15.3 Å². The predicted octanol–water partition coefficient (Wildman–Crippen LogP) is 2.37. The summed E-state index contributed by atoms with van der Waals surface area (Å²) in [6, 6.07) is 0.476. The van der Waals surface area contributed by atoms with Crippen LogP contribution < -0.4 is 5.32 Å². The van der Waals surface area contributed by atoms with Gasteiger partial charge >= 0.3 is 6.03 Å². The molecule has 2 rings (SSSR count). The third-order valence-corrected chi connectivity index (χ3v) is 4.74. The highest BCUT2D eigenvalue weighted by molar-refractivity contribution is 5.74. The van der Waals surface area contributed by atoms with E-state index in [9.17, 15) is 4.79 Å². The Morgan fingerprint density at radius 3 is 2.58 bits per heavy atom. The van der Waals surface area contributed by atoms with Gasteiger partial charge in [0.25, 0.3) is 0 Å². The van der Waals surface area contributed by atoms with Crippen molar-refractivity contribution < 1.29 is 9.90 Å². The van der Waals surface area contributed by atoms with Crippen LogP contribution >= 0.6 is 0 Å². The monoisotopic (exact) mass is 268 g/mol. The van der Waals surface area contributed by atoms with Crippen LogP contribution in [0.15, 0.2) is 0 Å². The highest BCUT2D eigenvalue weighted by Crippen LogP contribution is 2.23. The zero-order valence-electron chi connectivity index (χ0n) is 12.1. The molecule has 0 spiro atoms. The molecule has 0 bridgehead atoms. The van der Waals surface area contributed by atoms with E-state index in [0.717, 1.165) is 44.7 Å². The molecule has 2 atom stereocenters. The minimum Gasteiger partial charge on any atom is -0.396 e. The molecular weight excluding hydrogens is 240 g/mol. The number of rotatable bonds is 2. The second-order valence-corrected chi connectivity index (χ2v) is 6.37. The lowest BCUT2D eigenvalue weighted by Gasteiger charge is -2.32. The molecule has 1 heterocycles. The summed E-state index contributed by atoms with van der Waals surface area (Å²) in [7, 11) is 0. The van der Waals surface area contributed by atoms with Gasteiger partial charge in [0, 0.05) is 25.7 Å². The summed E-state index contributed by atoms with van der Waals surface area (Å²) in [5.41, 5.74) is 0. The first-order valence-corrected chi connectivity index (χ1v) is 7.85. The standard InChI is InChI=1S/C15H28N2O2/c1-12-3-2-4-14(6-5-12)16-15(19)17-9-7-13(11-18)8-10-17/h12-14,18H,2-11H2,1H3,(H,16,19)/t12-,14+/m0/s1. The third-order valence-electron chi connectivity index (χ3n) is 4.74. The molecule has 4 nitrogen and oxygen atoms in total. The highest BCUT2D eigenvalue weighted by atomic mass is 16.3. The normalized spacial score (nSPS) is 29.9. The molecular formula is C15H28N2O2. The fourth-order valence-corrected chi connectivity index (χ4v) is 3.22. The quantitative estimate of drug-likeness (QED) is 0.755. The summed E-state index contributed by atoms with van der Waals surface area (Å²) in [5, 5.41) is 12.3. The van der Waals surface area contributed by atoms with Gasteiger partial charge in [-0.3, -0.25) is 0 Å². The number of likely N-dealkylation sites (tertiary alicyclic amines) is 1. The van der Waals surface area contributed by atoms with Crippen molar-refractivity contribution in [2.24, 2.45) is 11.8 Å². The van der Waals surface area contributed by atoms with Crippen molar-refractivity contribution in [3.8, 4) is 0 Å². The molecule has 2 N–H and O–H groups in total. The average Bonchev–Trinajstić information content (AvgIpc) is 2.64. The molecule has 1 aliphatic heterocycles. The highest BCUT2D eigenvalue weighted by Gasteiger charge is 2.24. The van der Waals surface area contributed by atoms with Gasteiger partial charge in [0.05, 0.1) is 0 Å². The van der Waals surface area contributed by atoms with Crippen LogP contribution in [0.5, 0.6) is 0 Å². The van der Waals surface area contributed by atoms with Crippen LogP contribution in [0, 0.1) is 11.8 Å². The largest absolute Gasteiger partial charge is 0.396 e. The molecule has 2 amide bonds. The summed E-state index contributed by atoms with van der Waals surface area (Å²) in [6.45, 7) is 4.15. The van der Waals surface area contributed by atoms with Crippen molar-refractivity contribution in [3.63, 3.8) is 0 Å². The number of amides is 2. The fourth-order valence-electron chi connectivity index (χ4n) is 3.22. The third kappa shape index (κ3) is 4.37. The molecule has 1 aliphatic carbocycles. The van der Waals surface area contributed by atoms with Crippen LogP contribution in [0.4, 0.5) is 4.79 Å². The van der Waals surface area contributed by atoms with E-state index in [4.69, 9.17) is 5.11 Å². The Bertz CT molecular complexity index is 288. The van der Waals surface area contributed by atoms with Gasteiger partial charge in [-0.25, -0.2) is 4.79 Å². The van der Waals surface area contributed by atoms with Crippen LogP contribution in [0.25, 0.3) is 0 Å². The molecule has 19 heavy (non-hydrogen) atoms. The number of nitrogens with zero attached hydrogens (tertiary/aromatic N) is 1. The second kappa shape index (κ2) is 7.13. The van der Waals surface area contributed by atoms with Crippen LogP contribution in [0.1, 0.15) is 51.9 Å². The molecule has 110 valence electrons. The van der Waals surface area contributed by atoms with E-state index < -0.39 is 0 Å². The Balaban J connectivity index is 1.74. The van der Waals surface area contributed by atoms with Crippen LogP contribution in [0.3, 0.4) is 0 Å². The maximum absolute atomic E-state index is 12.2. The number of carbonyl (C=O) groups is 1. The Morgan fingerprint density at radius 1 is 1.16 bits per heavy atom. The van der Waals surface area contributed by atoms with E-state index in [-0.39, 0.29) is 12.6 Å². The number of urea groups is 1. The van der Waals surface area contributed by atoms with Crippen molar-refractivity contribution in [1.82, 2.24) is 10.2 Å². The predicted molar refractivity (Wildman–Crippen MR) is 76.0 cm³/mol. The second-order valence-electron chi connectivity index (χ2n) is 6.37. The van der Waals surface area contributed by atoms with Crippen molar-refractivity contribution in [2.75, 3.05) is 19.7 Å². The molecule has 1 saturated heterocycles. The van der Waals surface area contributed by atoms with Gasteiger partial charge in [0.1, 0.15) is 0 Å². The molecule has 0 aromatic heterocycles. The first-order valence-electron chi connectivity index (χ1n) is 7.85. The Kier molecular flexibility index (Phi) is 5.49. The van der Waals surface area contributed by atoms with Gasteiger partial charge in [-0.1, -0.05) is 19.8 Å². The lowest BCUT2D eigenvalue weighted by Crippen LogP contribution is -2.48. The van der Waals surface area contributed by atoms with E-state index >= 15 is 0 Å². The summed E-state index contributed by atoms with van der Waals surface area (Å²) in [5.74, 6) is 1.20. The molecule has 2 aliphatic rings. The number of piperidine rings is 1. The summed E-state index contributed by atoms with van der Waals surface area (Å²) in [4.78, 5) is 14.1. The number of carbonyl (C=O) groups excluding carboxylic acids is 1. The molecule has 0 radical (unpaired) electrons. The zero-order chi connectivity index (χ0) is 13.7. The molecule has 0 aromatic carbocycles. The van der Waals surface area contributed by atoms with Crippen molar-refractivity contribution in [2.45, 2.75) is 57.9 Å². The van der Waals surface area contributed by atoms with Crippen molar-refractivity contribution >= 4 is 6.03 Å². The number of nitrogens with one attached hydrogen (secondary N) is 1. The number of hydrogen-bond donors (Lipinski definition) is 2. The number of hydrogen-bond acceptors (Lipinski definition) is 2.